The molecule has 0 spiro atoms. The summed E-state index contributed by atoms with van der Waals surface area (Å²) in [5.41, 5.74) is 0.988. The van der Waals surface area contributed by atoms with Crippen molar-refractivity contribution in [2.75, 3.05) is 32.4 Å². The molecule has 8 heteroatoms. The van der Waals surface area contributed by atoms with Crippen LogP contribution in [0, 0.1) is 5.92 Å². The Hall–Kier alpha value is -1.25. The van der Waals surface area contributed by atoms with E-state index in [-0.39, 0.29) is 4.90 Å². The van der Waals surface area contributed by atoms with Gasteiger partial charge in [0.15, 0.2) is 5.96 Å². The van der Waals surface area contributed by atoms with Gasteiger partial charge < -0.3 is 10.2 Å². The Bertz CT molecular complexity index is 702. The van der Waals surface area contributed by atoms with E-state index in [2.05, 4.69) is 35.7 Å². The van der Waals surface area contributed by atoms with E-state index in [1.54, 1.807) is 12.1 Å². The molecule has 1 unspecified atom stereocenters. The minimum Gasteiger partial charge on any atom is -0.357 e. The summed E-state index contributed by atoms with van der Waals surface area (Å²) in [6.07, 6.45) is 0. The predicted molar refractivity (Wildman–Crippen MR) is 110 cm³/mol. The maximum atomic E-state index is 11.8. The molecular formula is C18H30N4O2S2. The van der Waals surface area contributed by atoms with Gasteiger partial charge in [-0.15, -0.1) is 0 Å². The Morgan fingerprint density at radius 1 is 1.35 bits per heavy atom. The second-order valence-corrected chi connectivity index (χ2v) is 9.85. The smallest absolute Gasteiger partial charge is 0.240 e. The summed E-state index contributed by atoms with van der Waals surface area (Å²) in [4.78, 5) is 7.38. The Morgan fingerprint density at radius 3 is 2.62 bits per heavy atom. The van der Waals surface area contributed by atoms with Crippen LogP contribution in [0.5, 0.6) is 0 Å². The Labute approximate surface area is 161 Å². The van der Waals surface area contributed by atoms with Crippen molar-refractivity contribution in [3.63, 3.8) is 0 Å². The molecule has 1 aliphatic heterocycles. The summed E-state index contributed by atoms with van der Waals surface area (Å²) in [5.74, 6) is 2.70. The van der Waals surface area contributed by atoms with Crippen molar-refractivity contribution in [2.24, 2.45) is 10.9 Å². The molecule has 1 aromatic rings. The van der Waals surface area contributed by atoms with Crippen LogP contribution in [-0.2, 0) is 16.6 Å². The molecule has 0 amide bonds. The number of nitrogens with one attached hydrogen (secondary N) is 2. The molecule has 1 aliphatic rings. The molecule has 0 saturated carbocycles. The number of nitrogens with zero attached hydrogens (tertiary/aromatic N) is 2. The van der Waals surface area contributed by atoms with Crippen molar-refractivity contribution in [3.8, 4) is 0 Å². The molecule has 2 rings (SSSR count). The quantitative estimate of drug-likeness (QED) is 0.567. The van der Waals surface area contributed by atoms with Crippen molar-refractivity contribution >= 4 is 27.7 Å². The highest BCUT2D eigenvalue weighted by atomic mass is 32.2. The second-order valence-electron chi connectivity index (χ2n) is 6.62. The van der Waals surface area contributed by atoms with Crippen LogP contribution in [0.4, 0.5) is 0 Å². The molecule has 1 atom stereocenters. The lowest BCUT2D eigenvalue weighted by Gasteiger charge is -2.36. The number of aliphatic imine (C=N–C) groups is 1. The molecule has 146 valence electrons. The van der Waals surface area contributed by atoms with Crippen molar-refractivity contribution < 1.29 is 8.42 Å². The highest BCUT2D eigenvalue weighted by Gasteiger charge is 2.24. The van der Waals surface area contributed by atoms with Gasteiger partial charge >= 0.3 is 0 Å². The lowest BCUT2D eigenvalue weighted by atomic mass is 10.1. The zero-order valence-corrected chi connectivity index (χ0v) is 17.7. The van der Waals surface area contributed by atoms with Crippen LogP contribution in [-0.4, -0.2) is 57.0 Å². The summed E-state index contributed by atoms with van der Waals surface area (Å²) in [6, 6.07) is 6.88. The number of hydrogen-bond donors (Lipinski definition) is 2. The van der Waals surface area contributed by atoms with Crippen LogP contribution in [0.2, 0.25) is 0 Å². The first-order valence-corrected chi connectivity index (χ1v) is 11.6. The first kappa shape index (κ1) is 21.1. The Morgan fingerprint density at radius 2 is 2.04 bits per heavy atom. The van der Waals surface area contributed by atoms with Crippen molar-refractivity contribution in [2.45, 2.75) is 37.5 Å². The van der Waals surface area contributed by atoms with Gasteiger partial charge in [0.05, 0.1) is 11.4 Å². The van der Waals surface area contributed by atoms with E-state index in [0.717, 1.165) is 36.9 Å². The third-order valence-electron chi connectivity index (χ3n) is 4.39. The Balaban J connectivity index is 2.09. The second kappa shape index (κ2) is 9.62. The molecule has 26 heavy (non-hydrogen) atoms. The van der Waals surface area contributed by atoms with Crippen LogP contribution in [0.15, 0.2) is 34.2 Å². The number of guanidine groups is 1. The largest absolute Gasteiger partial charge is 0.357 e. The topological polar surface area (TPSA) is 73.8 Å². The van der Waals surface area contributed by atoms with Gasteiger partial charge in [-0.25, -0.2) is 18.1 Å². The van der Waals surface area contributed by atoms with Gasteiger partial charge in [-0.05, 0) is 37.6 Å². The van der Waals surface area contributed by atoms with Gasteiger partial charge in [0.2, 0.25) is 10.0 Å². The summed E-state index contributed by atoms with van der Waals surface area (Å²) in [6.45, 7) is 9.97. The first-order chi connectivity index (χ1) is 12.4. The van der Waals surface area contributed by atoms with Crippen molar-refractivity contribution in [1.82, 2.24) is 14.9 Å². The van der Waals surface area contributed by atoms with Gasteiger partial charge in [0.1, 0.15) is 0 Å². The number of sulfonamides is 1. The van der Waals surface area contributed by atoms with Crippen LogP contribution in [0.1, 0.15) is 26.3 Å². The molecule has 1 saturated heterocycles. The minimum absolute atomic E-state index is 0.271. The van der Waals surface area contributed by atoms with Gasteiger partial charge in [-0.2, -0.15) is 11.8 Å². The Kier molecular flexibility index (Phi) is 7.79. The fourth-order valence-corrected chi connectivity index (χ4v) is 4.78. The van der Waals surface area contributed by atoms with Gasteiger partial charge in [-0.3, -0.25) is 0 Å². The standard InChI is InChI=1S/C18H30N4O2S2/c1-5-20-18(22-10-11-25-17(13-22)14(2)3)21-12-15-6-8-16(9-7-15)26(23,24)19-4/h6-9,14,17,19H,5,10-13H2,1-4H3,(H,20,21). The van der Waals surface area contributed by atoms with Crippen molar-refractivity contribution in [3.05, 3.63) is 29.8 Å². The van der Waals surface area contributed by atoms with Crippen LogP contribution < -0.4 is 10.0 Å². The van der Waals surface area contributed by atoms with E-state index < -0.39 is 10.0 Å². The highest BCUT2D eigenvalue weighted by Crippen LogP contribution is 2.25. The average molecular weight is 399 g/mol. The summed E-state index contributed by atoms with van der Waals surface area (Å²) in [7, 11) is -1.98. The molecule has 0 aromatic heterocycles. The summed E-state index contributed by atoms with van der Waals surface area (Å²) >= 11 is 2.04. The third kappa shape index (κ3) is 5.62. The van der Waals surface area contributed by atoms with Gasteiger partial charge in [-0.1, -0.05) is 26.0 Å². The third-order valence-corrected chi connectivity index (χ3v) is 7.36. The minimum atomic E-state index is -3.40. The molecule has 0 bridgehead atoms. The van der Waals surface area contributed by atoms with E-state index in [0.29, 0.717) is 17.7 Å². The van der Waals surface area contributed by atoms with E-state index in [9.17, 15) is 8.42 Å². The fraction of sp³-hybridized carbons (Fsp3) is 0.611. The predicted octanol–water partition coefficient (Wildman–Crippen LogP) is 2.13. The van der Waals surface area contributed by atoms with E-state index in [4.69, 9.17) is 4.99 Å². The van der Waals surface area contributed by atoms with Gasteiger partial charge in [0, 0.05) is 30.6 Å². The van der Waals surface area contributed by atoms with Crippen LogP contribution >= 0.6 is 11.8 Å². The fourth-order valence-electron chi connectivity index (χ4n) is 2.75. The molecule has 6 nitrogen and oxygen atoms in total. The summed E-state index contributed by atoms with van der Waals surface area (Å²) in [5, 5.41) is 4.01. The number of thioether (sulfide) groups is 1. The average Bonchev–Trinajstić information content (AvgIpc) is 2.65. The molecule has 0 aliphatic carbocycles. The molecule has 0 radical (unpaired) electrons. The molecule has 1 fully saturated rings. The summed E-state index contributed by atoms with van der Waals surface area (Å²) < 4.78 is 25.9. The lowest BCUT2D eigenvalue weighted by Crippen LogP contribution is -2.49. The molecular weight excluding hydrogens is 368 g/mol. The SMILES string of the molecule is CCNC(=NCc1ccc(S(=O)(=O)NC)cc1)N1CCSC(C(C)C)C1. The molecule has 1 aromatic carbocycles. The number of hydrogen-bond acceptors (Lipinski definition) is 4. The lowest BCUT2D eigenvalue weighted by molar-refractivity contribution is 0.381. The van der Waals surface area contributed by atoms with E-state index in [1.807, 2.05) is 23.9 Å². The van der Waals surface area contributed by atoms with Gasteiger partial charge in [0.25, 0.3) is 0 Å². The van der Waals surface area contributed by atoms with Crippen LogP contribution in [0.3, 0.4) is 0 Å². The molecule has 2 N–H and O–H groups in total. The number of benzene rings is 1. The number of rotatable bonds is 6. The zero-order valence-electron chi connectivity index (χ0n) is 16.0. The normalized spacial score (nSPS) is 19.0. The molecule has 1 heterocycles. The zero-order chi connectivity index (χ0) is 19.2. The maximum absolute atomic E-state index is 11.8. The van der Waals surface area contributed by atoms with E-state index >= 15 is 0 Å². The first-order valence-electron chi connectivity index (χ1n) is 9.04. The van der Waals surface area contributed by atoms with E-state index in [1.165, 1.54) is 7.05 Å². The monoisotopic (exact) mass is 398 g/mol. The highest BCUT2D eigenvalue weighted by molar-refractivity contribution is 8.00. The maximum Gasteiger partial charge on any atom is 0.240 e. The van der Waals surface area contributed by atoms with Crippen molar-refractivity contribution in [1.29, 1.82) is 0 Å². The van der Waals surface area contributed by atoms with Crippen LogP contribution in [0.25, 0.3) is 0 Å².